The van der Waals surface area contributed by atoms with Gasteiger partial charge in [0.15, 0.2) is 0 Å². The fourth-order valence-electron chi connectivity index (χ4n) is 3.03. The average molecular weight is 298 g/mol. The molecule has 120 valence electrons. The molecule has 21 heavy (non-hydrogen) atoms. The van der Waals surface area contributed by atoms with Crippen LogP contribution in [0.1, 0.15) is 46.0 Å². The van der Waals surface area contributed by atoms with Crippen LogP contribution in [0.15, 0.2) is 0 Å². The van der Waals surface area contributed by atoms with Crippen LogP contribution in [0.25, 0.3) is 0 Å². The second kappa shape index (κ2) is 6.64. The van der Waals surface area contributed by atoms with Crippen molar-refractivity contribution in [1.29, 1.82) is 0 Å². The maximum atomic E-state index is 12.3. The van der Waals surface area contributed by atoms with E-state index in [0.29, 0.717) is 25.1 Å². The summed E-state index contributed by atoms with van der Waals surface area (Å²) in [6.45, 7) is 5.83. The minimum Gasteiger partial charge on any atom is -0.481 e. The van der Waals surface area contributed by atoms with E-state index >= 15 is 0 Å². The SMILES string of the molecule is CC1(C)CCC(NC(=O)N2CCOC(CC(=O)O)C2)CC1. The number of carboxylic acid groups (broad SMARTS) is 1. The highest BCUT2D eigenvalue weighted by molar-refractivity contribution is 5.75. The van der Waals surface area contributed by atoms with Gasteiger partial charge in [0.05, 0.1) is 19.1 Å². The molecule has 2 fully saturated rings. The number of hydrogen-bond acceptors (Lipinski definition) is 3. The lowest BCUT2D eigenvalue weighted by atomic mass is 9.75. The molecule has 1 unspecified atom stereocenters. The van der Waals surface area contributed by atoms with Crippen LogP contribution in [0.5, 0.6) is 0 Å². The molecular formula is C15H26N2O4. The van der Waals surface area contributed by atoms with Crippen LogP contribution >= 0.6 is 0 Å². The van der Waals surface area contributed by atoms with Crippen LogP contribution in [-0.4, -0.2) is 53.8 Å². The van der Waals surface area contributed by atoms with E-state index in [9.17, 15) is 9.59 Å². The van der Waals surface area contributed by atoms with E-state index in [1.54, 1.807) is 4.90 Å². The lowest BCUT2D eigenvalue weighted by Crippen LogP contribution is -2.52. The zero-order valence-electron chi connectivity index (χ0n) is 12.9. The highest BCUT2D eigenvalue weighted by Crippen LogP contribution is 2.35. The standard InChI is InChI=1S/C15H26N2O4/c1-15(2)5-3-11(4-6-15)16-14(20)17-7-8-21-12(10-17)9-13(18)19/h11-12H,3-10H2,1-2H3,(H,16,20)(H,18,19). The van der Waals surface area contributed by atoms with Gasteiger partial charge in [-0.3, -0.25) is 4.79 Å². The van der Waals surface area contributed by atoms with Crippen molar-refractivity contribution in [1.82, 2.24) is 10.2 Å². The Morgan fingerprint density at radius 3 is 2.62 bits per heavy atom. The predicted molar refractivity (Wildman–Crippen MR) is 78.1 cm³/mol. The van der Waals surface area contributed by atoms with Gasteiger partial charge in [0.1, 0.15) is 0 Å². The maximum Gasteiger partial charge on any atom is 0.317 e. The molecule has 0 spiro atoms. The van der Waals surface area contributed by atoms with E-state index in [2.05, 4.69) is 19.2 Å². The number of aliphatic carboxylic acids is 1. The van der Waals surface area contributed by atoms with E-state index in [1.165, 1.54) is 0 Å². The van der Waals surface area contributed by atoms with Crippen molar-refractivity contribution in [2.24, 2.45) is 5.41 Å². The molecule has 0 aromatic rings. The molecule has 1 atom stereocenters. The Morgan fingerprint density at radius 1 is 1.33 bits per heavy atom. The monoisotopic (exact) mass is 298 g/mol. The number of morpholine rings is 1. The summed E-state index contributed by atoms with van der Waals surface area (Å²) in [4.78, 5) is 24.7. The lowest BCUT2D eigenvalue weighted by Gasteiger charge is -2.37. The molecule has 2 rings (SSSR count). The largest absolute Gasteiger partial charge is 0.481 e. The zero-order chi connectivity index (χ0) is 15.5. The number of nitrogens with one attached hydrogen (secondary N) is 1. The summed E-state index contributed by atoms with van der Waals surface area (Å²) in [6.07, 6.45) is 3.84. The number of carbonyl (C=O) groups excluding carboxylic acids is 1. The minimum atomic E-state index is -0.892. The second-order valence-electron chi connectivity index (χ2n) is 6.92. The minimum absolute atomic E-state index is 0.0542. The maximum absolute atomic E-state index is 12.3. The molecule has 2 aliphatic rings. The van der Waals surface area contributed by atoms with Crippen molar-refractivity contribution in [2.75, 3.05) is 19.7 Å². The van der Waals surface area contributed by atoms with Gasteiger partial charge in [0, 0.05) is 19.1 Å². The first-order valence-electron chi connectivity index (χ1n) is 7.74. The second-order valence-corrected chi connectivity index (χ2v) is 6.92. The van der Waals surface area contributed by atoms with E-state index in [-0.39, 0.29) is 18.5 Å². The first-order valence-corrected chi connectivity index (χ1v) is 7.74. The van der Waals surface area contributed by atoms with Crippen LogP contribution in [0, 0.1) is 5.41 Å². The van der Waals surface area contributed by atoms with Crippen LogP contribution in [-0.2, 0) is 9.53 Å². The summed E-state index contributed by atoms with van der Waals surface area (Å²) >= 11 is 0. The Bertz CT molecular complexity index is 387. The third-order valence-electron chi connectivity index (χ3n) is 4.50. The van der Waals surface area contributed by atoms with Gasteiger partial charge in [-0.1, -0.05) is 13.8 Å². The molecule has 1 aliphatic carbocycles. The Kier molecular flexibility index (Phi) is 5.08. The van der Waals surface area contributed by atoms with Gasteiger partial charge in [-0.2, -0.15) is 0 Å². The molecule has 1 heterocycles. The van der Waals surface area contributed by atoms with E-state index < -0.39 is 12.1 Å². The summed E-state index contributed by atoms with van der Waals surface area (Å²) in [6, 6.07) is 0.157. The van der Waals surface area contributed by atoms with Crippen molar-refractivity contribution in [3.8, 4) is 0 Å². The molecule has 2 N–H and O–H groups in total. The fraction of sp³-hybridized carbons (Fsp3) is 0.867. The topological polar surface area (TPSA) is 78.9 Å². The molecule has 2 amide bonds. The van der Waals surface area contributed by atoms with Crippen molar-refractivity contribution in [3.05, 3.63) is 0 Å². The number of carbonyl (C=O) groups is 2. The van der Waals surface area contributed by atoms with Gasteiger partial charge in [-0.25, -0.2) is 4.79 Å². The van der Waals surface area contributed by atoms with E-state index in [4.69, 9.17) is 9.84 Å². The van der Waals surface area contributed by atoms with Gasteiger partial charge in [-0.15, -0.1) is 0 Å². The first-order chi connectivity index (χ1) is 9.85. The lowest BCUT2D eigenvalue weighted by molar-refractivity contribution is -0.141. The van der Waals surface area contributed by atoms with Gasteiger partial charge in [0.2, 0.25) is 0 Å². The number of ether oxygens (including phenoxy) is 1. The Labute approximate surface area is 125 Å². The summed E-state index contributed by atoms with van der Waals surface area (Å²) in [5.74, 6) is -0.892. The molecule has 0 aromatic carbocycles. The highest BCUT2D eigenvalue weighted by atomic mass is 16.5. The van der Waals surface area contributed by atoms with Crippen LogP contribution < -0.4 is 5.32 Å². The van der Waals surface area contributed by atoms with Crippen LogP contribution in [0.2, 0.25) is 0 Å². The molecule has 0 bridgehead atoms. The van der Waals surface area contributed by atoms with Crippen LogP contribution in [0.4, 0.5) is 4.79 Å². The van der Waals surface area contributed by atoms with Crippen molar-refractivity contribution in [2.45, 2.75) is 58.1 Å². The molecule has 6 nitrogen and oxygen atoms in total. The summed E-state index contributed by atoms with van der Waals surface area (Å²) in [7, 11) is 0. The Balaban J connectivity index is 1.79. The molecule has 0 aromatic heterocycles. The van der Waals surface area contributed by atoms with Crippen molar-refractivity contribution < 1.29 is 19.4 Å². The molecule has 1 saturated heterocycles. The average Bonchev–Trinajstić information content (AvgIpc) is 2.41. The van der Waals surface area contributed by atoms with Gasteiger partial charge in [-0.05, 0) is 31.1 Å². The summed E-state index contributed by atoms with van der Waals surface area (Å²) in [5.41, 5.74) is 0.382. The number of rotatable bonds is 3. The number of urea groups is 1. The molecule has 6 heteroatoms. The first kappa shape index (κ1) is 16.1. The molecular weight excluding hydrogens is 272 g/mol. The van der Waals surface area contributed by atoms with Gasteiger partial charge < -0.3 is 20.1 Å². The molecule has 1 saturated carbocycles. The third kappa shape index (κ3) is 4.88. The van der Waals surface area contributed by atoms with Crippen molar-refractivity contribution in [3.63, 3.8) is 0 Å². The Hall–Kier alpha value is -1.30. The third-order valence-corrected chi connectivity index (χ3v) is 4.50. The normalized spacial score (nSPS) is 26.4. The predicted octanol–water partition coefficient (Wildman–Crippen LogP) is 1.84. The number of carboxylic acids is 1. The molecule has 1 aliphatic heterocycles. The van der Waals surface area contributed by atoms with Crippen LogP contribution in [0.3, 0.4) is 0 Å². The summed E-state index contributed by atoms with van der Waals surface area (Å²) < 4.78 is 5.38. The number of nitrogens with zero attached hydrogens (tertiary/aromatic N) is 1. The number of amides is 2. The van der Waals surface area contributed by atoms with Gasteiger partial charge in [0.25, 0.3) is 0 Å². The summed E-state index contributed by atoms with van der Waals surface area (Å²) in [5, 5.41) is 11.9. The van der Waals surface area contributed by atoms with Crippen molar-refractivity contribution >= 4 is 12.0 Å². The highest BCUT2D eigenvalue weighted by Gasteiger charge is 2.30. The van der Waals surface area contributed by atoms with Gasteiger partial charge >= 0.3 is 12.0 Å². The smallest absolute Gasteiger partial charge is 0.317 e. The zero-order valence-corrected chi connectivity index (χ0v) is 12.9. The number of hydrogen-bond donors (Lipinski definition) is 2. The van der Waals surface area contributed by atoms with E-state index in [0.717, 1.165) is 25.7 Å². The fourth-order valence-corrected chi connectivity index (χ4v) is 3.03. The quantitative estimate of drug-likeness (QED) is 0.833. The molecule has 0 radical (unpaired) electrons. The van der Waals surface area contributed by atoms with E-state index in [1.807, 2.05) is 0 Å². The Morgan fingerprint density at radius 2 is 2.00 bits per heavy atom.